The highest BCUT2D eigenvalue weighted by molar-refractivity contribution is 5.76. The summed E-state index contributed by atoms with van der Waals surface area (Å²) in [4.78, 5) is 12.5. The second-order valence-corrected chi connectivity index (χ2v) is 21.4. The average Bonchev–Trinajstić information content (AvgIpc) is 3.39. The largest absolute Gasteiger partial charge is 0.394 e. The van der Waals surface area contributed by atoms with E-state index in [-0.39, 0.29) is 12.5 Å². The first-order valence-corrected chi connectivity index (χ1v) is 31.8. The van der Waals surface area contributed by atoms with Crippen molar-refractivity contribution in [3.05, 3.63) is 85.1 Å². The zero-order chi connectivity index (χ0) is 52.0. The molecule has 4 nitrogen and oxygen atoms in total. The Labute approximate surface area is 450 Å². The van der Waals surface area contributed by atoms with Gasteiger partial charge in [0.2, 0.25) is 5.91 Å². The Morgan fingerprint density at radius 2 is 0.625 bits per heavy atom. The highest BCUT2D eigenvalue weighted by atomic mass is 16.3. The summed E-state index contributed by atoms with van der Waals surface area (Å²) in [6.07, 6.45) is 92.1. The van der Waals surface area contributed by atoms with Crippen LogP contribution in [0.3, 0.4) is 0 Å². The molecule has 0 radical (unpaired) electrons. The maximum Gasteiger partial charge on any atom is 0.220 e. The molecule has 0 rings (SSSR count). The van der Waals surface area contributed by atoms with Crippen LogP contribution in [0.15, 0.2) is 85.1 Å². The zero-order valence-corrected chi connectivity index (χ0v) is 48.2. The summed E-state index contributed by atoms with van der Waals surface area (Å²) >= 11 is 0. The van der Waals surface area contributed by atoms with Gasteiger partial charge in [0.15, 0.2) is 0 Å². The van der Waals surface area contributed by atoms with E-state index in [1.54, 1.807) is 6.08 Å². The molecule has 3 N–H and O–H groups in total. The Bertz CT molecular complexity index is 1270. The highest BCUT2D eigenvalue weighted by Gasteiger charge is 2.18. The van der Waals surface area contributed by atoms with E-state index in [2.05, 4.69) is 92.1 Å². The zero-order valence-electron chi connectivity index (χ0n) is 48.2. The fraction of sp³-hybridized carbons (Fsp3) is 0.779. The molecule has 0 aromatic rings. The maximum absolute atomic E-state index is 12.5. The summed E-state index contributed by atoms with van der Waals surface area (Å²) in [6, 6.07) is -0.645. The number of unbranched alkanes of at least 4 members (excludes halogenated alkanes) is 39. The second kappa shape index (κ2) is 62.9. The van der Waals surface area contributed by atoms with E-state index in [1.807, 2.05) is 6.08 Å². The third-order valence-corrected chi connectivity index (χ3v) is 14.4. The summed E-state index contributed by atoms with van der Waals surface area (Å²) in [5, 5.41) is 23.2. The molecular formula is C68H123NO3. The van der Waals surface area contributed by atoms with Gasteiger partial charge in [-0.2, -0.15) is 0 Å². The molecule has 2 atom stereocenters. The Morgan fingerprint density at radius 3 is 0.972 bits per heavy atom. The minimum absolute atomic E-state index is 0.0728. The first kappa shape index (κ1) is 69.6. The summed E-state index contributed by atoms with van der Waals surface area (Å²) in [5.74, 6) is -0.0728. The van der Waals surface area contributed by atoms with Crippen molar-refractivity contribution in [1.82, 2.24) is 5.32 Å². The Balaban J connectivity index is 3.51. The first-order chi connectivity index (χ1) is 35.7. The normalized spacial score (nSPS) is 13.3. The Kier molecular flexibility index (Phi) is 60.7. The number of aliphatic hydroxyl groups is 2. The molecule has 0 heterocycles. The number of aliphatic hydroxyl groups excluding tert-OH is 2. The predicted octanol–water partition coefficient (Wildman–Crippen LogP) is 21.5. The lowest BCUT2D eigenvalue weighted by Gasteiger charge is -2.19. The lowest BCUT2D eigenvalue weighted by atomic mass is 10.0. The quantitative estimate of drug-likeness (QED) is 0.0420. The standard InChI is InChI=1S/C68H123NO3/c1-3-5-7-9-11-13-15-17-19-21-23-25-27-29-31-33-34-36-38-40-42-44-46-48-50-52-54-56-58-60-62-64-68(72)69-66(65-70)67(71)63-61-59-57-55-53-51-49-47-45-43-41-39-37-35-32-30-28-26-24-22-20-18-16-14-12-10-8-6-4-2/h5,7,11,13,17,19,23,25,29,31,53,55,61,63,66-67,70-71H,3-4,6,8-10,12,14-16,18,20-22,24,26-28,30,32-52,54,56-60,62,64-65H2,1-2H3,(H,69,72)/b7-5-,13-11-,19-17-,25-23-,31-29-,55-53+,63-61+. The molecule has 0 bridgehead atoms. The third kappa shape index (κ3) is 58.5. The van der Waals surface area contributed by atoms with Crippen molar-refractivity contribution >= 4 is 5.91 Å². The van der Waals surface area contributed by atoms with Crippen molar-refractivity contribution in [2.24, 2.45) is 0 Å². The van der Waals surface area contributed by atoms with Gasteiger partial charge in [-0.25, -0.2) is 0 Å². The molecular weight excluding hydrogens is 879 g/mol. The van der Waals surface area contributed by atoms with Crippen LogP contribution >= 0.6 is 0 Å². The molecule has 418 valence electrons. The fourth-order valence-corrected chi connectivity index (χ4v) is 9.58. The first-order valence-electron chi connectivity index (χ1n) is 31.8. The molecule has 2 unspecified atom stereocenters. The van der Waals surface area contributed by atoms with Crippen molar-refractivity contribution in [3.8, 4) is 0 Å². The van der Waals surface area contributed by atoms with Crippen molar-refractivity contribution in [2.75, 3.05) is 6.61 Å². The summed E-state index contributed by atoms with van der Waals surface area (Å²) in [7, 11) is 0. The van der Waals surface area contributed by atoms with Crippen LogP contribution in [0.1, 0.15) is 322 Å². The summed E-state index contributed by atoms with van der Waals surface area (Å²) in [6.45, 7) is 4.21. The molecule has 0 aliphatic carbocycles. The van der Waals surface area contributed by atoms with E-state index in [4.69, 9.17) is 0 Å². The molecule has 0 aliphatic rings. The van der Waals surface area contributed by atoms with Crippen LogP contribution in [0.4, 0.5) is 0 Å². The van der Waals surface area contributed by atoms with Crippen LogP contribution in [0.2, 0.25) is 0 Å². The highest BCUT2D eigenvalue weighted by Crippen LogP contribution is 2.17. The minimum atomic E-state index is -0.868. The van der Waals surface area contributed by atoms with Gasteiger partial charge in [0.25, 0.3) is 0 Å². The minimum Gasteiger partial charge on any atom is -0.394 e. The van der Waals surface area contributed by atoms with E-state index in [9.17, 15) is 15.0 Å². The molecule has 4 heteroatoms. The van der Waals surface area contributed by atoms with E-state index < -0.39 is 12.1 Å². The van der Waals surface area contributed by atoms with E-state index in [0.717, 1.165) is 64.2 Å². The van der Waals surface area contributed by atoms with Crippen LogP contribution in [0, 0.1) is 0 Å². The van der Waals surface area contributed by atoms with Crippen LogP contribution in [-0.2, 0) is 4.79 Å². The average molecular weight is 1000 g/mol. The molecule has 1 amide bonds. The monoisotopic (exact) mass is 1000 g/mol. The Morgan fingerprint density at radius 1 is 0.347 bits per heavy atom. The van der Waals surface area contributed by atoms with Gasteiger partial charge >= 0.3 is 0 Å². The molecule has 0 spiro atoms. The van der Waals surface area contributed by atoms with Crippen molar-refractivity contribution in [3.63, 3.8) is 0 Å². The van der Waals surface area contributed by atoms with Crippen LogP contribution in [0.5, 0.6) is 0 Å². The molecule has 0 aliphatic heterocycles. The van der Waals surface area contributed by atoms with Gasteiger partial charge in [0, 0.05) is 6.42 Å². The SMILES string of the molecule is CC/C=C\C/C=C\C/C=C\C/C=C\C/C=C\CCCCCCCCCCCCCCCCCC(=O)NC(CO)C(O)/C=C/CC/C=C/CCCCCCCCCCCCCCCCCCCCCCCCC. The molecule has 0 aromatic heterocycles. The van der Waals surface area contributed by atoms with Gasteiger partial charge in [-0.15, -0.1) is 0 Å². The van der Waals surface area contributed by atoms with Crippen molar-refractivity contribution in [1.29, 1.82) is 0 Å². The molecule has 0 fully saturated rings. The topological polar surface area (TPSA) is 69.6 Å². The van der Waals surface area contributed by atoms with Gasteiger partial charge in [-0.05, 0) is 77.0 Å². The third-order valence-electron chi connectivity index (χ3n) is 14.4. The fourth-order valence-electron chi connectivity index (χ4n) is 9.58. The lowest BCUT2D eigenvalue weighted by molar-refractivity contribution is -0.123. The Hall–Kier alpha value is -2.43. The molecule has 0 aromatic carbocycles. The number of hydrogen-bond acceptors (Lipinski definition) is 3. The van der Waals surface area contributed by atoms with Gasteiger partial charge < -0.3 is 15.5 Å². The second-order valence-electron chi connectivity index (χ2n) is 21.4. The molecule has 72 heavy (non-hydrogen) atoms. The maximum atomic E-state index is 12.5. The molecule has 0 saturated heterocycles. The smallest absolute Gasteiger partial charge is 0.220 e. The van der Waals surface area contributed by atoms with Crippen molar-refractivity contribution in [2.45, 2.75) is 334 Å². The van der Waals surface area contributed by atoms with Crippen LogP contribution < -0.4 is 5.32 Å². The number of amides is 1. The number of rotatable bonds is 58. The van der Waals surface area contributed by atoms with Gasteiger partial charge in [-0.1, -0.05) is 324 Å². The van der Waals surface area contributed by atoms with Gasteiger partial charge in [0.05, 0.1) is 18.8 Å². The van der Waals surface area contributed by atoms with E-state index >= 15 is 0 Å². The van der Waals surface area contributed by atoms with Crippen LogP contribution in [0.25, 0.3) is 0 Å². The lowest BCUT2D eigenvalue weighted by Crippen LogP contribution is -2.45. The summed E-state index contributed by atoms with van der Waals surface area (Å²) < 4.78 is 0. The van der Waals surface area contributed by atoms with Gasteiger partial charge in [0.1, 0.15) is 0 Å². The number of carbonyl (C=O) groups is 1. The number of allylic oxidation sites excluding steroid dienone is 13. The number of hydrogen-bond donors (Lipinski definition) is 3. The van der Waals surface area contributed by atoms with Crippen molar-refractivity contribution < 1.29 is 15.0 Å². The van der Waals surface area contributed by atoms with E-state index in [1.165, 1.54) is 238 Å². The summed E-state index contributed by atoms with van der Waals surface area (Å²) in [5.41, 5.74) is 0. The van der Waals surface area contributed by atoms with E-state index in [0.29, 0.717) is 6.42 Å². The van der Waals surface area contributed by atoms with Gasteiger partial charge in [-0.3, -0.25) is 4.79 Å². The number of nitrogens with one attached hydrogen (secondary N) is 1. The number of carbonyl (C=O) groups excluding carboxylic acids is 1. The predicted molar refractivity (Wildman–Crippen MR) is 322 cm³/mol. The molecule has 0 saturated carbocycles. The van der Waals surface area contributed by atoms with Crippen LogP contribution in [-0.4, -0.2) is 34.9 Å².